The van der Waals surface area contributed by atoms with E-state index in [9.17, 15) is 19.7 Å². The van der Waals surface area contributed by atoms with Gasteiger partial charge in [0.2, 0.25) is 0 Å². The normalized spacial score (nSPS) is 15.8. The van der Waals surface area contributed by atoms with E-state index in [-0.39, 0.29) is 18.1 Å². The summed E-state index contributed by atoms with van der Waals surface area (Å²) in [6.45, 7) is 4.12. The highest BCUT2D eigenvalue weighted by atomic mass is 79.9. The molecule has 204 valence electrons. The maximum absolute atomic E-state index is 13.7. The van der Waals surface area contributed by atoms with Crippen molar-refractivity contribution in [3.63, 3.8) is 0 Å². The molecule has 0 aromatic heterocycles. The van der Waals surface area contributed by atoms with Gasteiger partial charge >= 0.3 is 5.97 Å². The molecule has 10 heteroatoms. The van der Waals surface area contributed by atoms with Crippen LogP contribution in [-0.4, -0.2) is 30.4 Å². The highest BCUT2D eigenvalue weighted by Crippen LogP contribution is 2.50. The average molecular weight is 605 g/mol. The molecular formula is C30H25BrN2O7. The van der Waals surface area contributed by atoms with Gasteiger partial charge in [-0.25, -0.2) is 4.79 Å². The smallest absolute Gasteiger partial charge is 0.336 e. The van der Waals surface area contributed by atoms with Crippen molar-refractivity contribution in [2.75, 3.05) is 13.7 Å². The zero-order valence-corrected chi connectivity index (χ0v) is 23.5. The fourth-order valence-electron chi connectivity index (χ4n) is 5.05. The van der Waals surface area contributed by atoms with E-state index >= 15 is 0 Å². The Morgan fingerprint density at radius 3 is 2.38 bits per heavy atom. The van der Waals surface area contributed by atoms with Gasteiger partial charge in [0.05, 0.1) is 35.8 Å². The molecule has 0 amide bonds. The number of allylic oxidation sites excluding steroid dienone is 2. The minimum Gasteiger partial charge on any atom is -0.490 e. The van der Waals surface area contributed by atoms with Crippen molar-refractivity contribution in [2.45, 2.75) is 26.4 Å². The molecule has 0 saturated heterocycles. The Morgan fingerprint density at radius 2 is 1.73 bits per heavy atom. The number of non-ortho nitro benzene ring substituents is 1. The predicted octanol–water partition coefficient (Wildman–Crippen LogP) is 6.08. The molecule has 2 aliphatic rings. The molecule has 0 spiro atoms. The van der Waals surface area contributed by atoms with Crippen molar-refractivity contribution >= 4 is 39.1 Å². The molecular weight excluding hydrogens is 580 g/mol. The first-order chi connectivity index (χ1) is 19.2. The lowest BCUT2D eigenvalue weighted by molar-refractivity contribution is -0.384. The number of halogens is 1. The topological polar surface area (TPSA) is 117 Å². The van der Waals surface area contributed by atoms with Crippen LogP contribution in [0, 0.1) is 10.1 Å². The van der Waals surface area contributed by atoms with Gasteiger partial charge in [-0.2, -0.15) is 0 Å². The third kappa shape index (κ3) is 4.75. The number of carbonyl (C=O) groups excluding carboxylic acids is 2. The number of nitrogens with one attached hydrogen (secondary N) is 1. The maximum Gasteiger partial charge on any atom is 0.336 e. The predicted molar refractivity (Wildman–Crippen MR) is 151 cm³/mol. The summed E-state index contributed by atoms with van der Waals surface area (Å²) in [6, 6.07) is 16.9. The third-order valence-electron chi connectivity index (χ3n) is 6.87. The van der Waals surface area contributed by atoms with Crippen molar-refractivity contribution in [3.05, 3.63) is 114 Å². The number of nitro groups is 1. The number of methoxy groups -OCH3 is 1. The number of fused-ring (bicyclic) bond motifs is 2. The number of carbonyl (C=O) groups is 2. The Kier molecular flexibility index (Phi) is 7.44. The number of dihydropyridines is 1. The van der Waals surface area contributed by atoms with E-state index in [0.717, 1.165) is 11.1 Å². The van der Waals surface area contributed by atoms with Gasteiger partial charge in [0.1, 0.15) is 6.61 Å². The Labute approximate surface area is 238 Å². The van der Waals surface area contributed by atoms with Gasteiger partial charge in [-0.3, -0.25) is 14.9 Å². The molecule has 1 heterocycles. The summed E-state index contributed by atoms with van der Waals surface area (Å²) in [5.74, 6) is -0.594. The van der Waals surface area contributed by atoms with Crippen molar-refractivity contribution in [1.82, 2.24) is 5.32 Å². The molecule has 0 radical (unpaired) electrons. The second-order valence-electron chi connectivity index (χ2n) is 9.22. The fourth-order valence-corrected chi connectivity index (χ4v) is 5.60. The standard InChI is InChI=1S/C30H25BrN2O7/c1-4-39-23-13-21(22(31)14-24(23)40-15-17-9-11-18(12-10-17)33(36)37)26-25(30(35)38-3)16(2)32-28-19-7-5-6-8-20(19)29(34)27(26)28/h5-14,26,32H,4,15H2,1-3H3/t26-/m1/s1. The van der Waals surface area contributed by atoms with Crippen molar-refractivity contribution < 1.29 is 28.7 Å². The number of benzene rings is 3. The molecule has 0 bridgehead atoms. The minimum atomic E-state index is -0.735. The van der Waals surface area contributed by atoms with Crippen LogP contribution in [0.4, 0.5) is 5.69 Å². The summed E-state index contributed by atoms with van der Waals surface area (Å²) in [5, 5.41) is 14.2. The molecule has 0 fully saturated rings. The Hall–Kier alpha value is -4.44. The van der Waals surface area contributed by atoms with Gasteiger partial charge in [-0.15, -0.1) is 0 Å². The zero-order chi connectivity index (χ0) is 28.6. The molecule has 1 aliphatic carbocycles. The third-order valence-corrected chi connectivity index (χ3v) is 7.56. The molecule has 0 saturated carbocycles. The summed E-state index contributed by atoms with van der Waals surface area (Å²) >= 11 is 3.65. The van der Waals surface area contributed by atoms with Crippen molar-refractivity contribution in [3.8, 4) is 11.5 Å². The molecule has 0 unspecified atom stereocenters. The monoisotopic (exact) mass is 604 g/mol. The number of hydrogen-bond donors (Lipinski definition) is 1. The average Bonchev–Trinajstić information content (AvgIpc) is 3.23. The summed E-state index contributed by atoms with van der Waals surface area (Å²) in [5.41, 5.74) is 4.74. The zero-order valence-electron chi connectivity index (χ0n) is 21.9. The van der Waals surface area contributed by atoms with Crippen LogP contribution in [-0.2, 0) is 16.1 Å². The number of nitro benzene ring substituents is 1. The maximum atomic E-state index is 13.7. The van der Waals surface area contributed by atoms with E-state index in [1.807, 2.05) is 25.1 Å². The lowest BCUT2D eigenvalue weighted by Gasteiger charge is -2.30. The number of esters is 1. The van der Waals surface area contributed by atoms with Crippen molar-refractivity contribution in [1.29, 1.82) is 0 Å². The number of rotatable bonds is 8. The van der Waals surface area contributed by atoms with Crippen molar-refractivity contribution in [2.24, 2.45) is 0 Å². The summed E-state index contributed by atoms with van der Waals surface area (Å²) in [6.07, 6.45) is 0. The lowest BCUT2D eigenvalue weighted by Crippen LogP contribution is -2.29. The van der Waals surface area contributed by atoms with Crippen LogP contribution in [0.2, 0.25) is 0 Å². The highest BCUT2D eigenvalue weighted by molar-refractivity contribution is 9.10. The summed E-state index contributed by atoms with van der Waals surface area (Å²) in [7, 11) is 1.31. The number of ether oxygens (including phenoxy) is 3. The van der Waals surface area contributed by atoms with E-state index in [1.165, 1.54) is 19.2 Å². The molecule has 3 aromatic rings. The molecule has 1 atom stereocenters. The van der Waals surface area contributed by atoms with E-state index in [1.54, 1.807) is 37.3 Å². The number of nitrogens with zero attached hydrogens (tertiary/aromatic N) is 1. The number of hydrogen-bond acceptors (Lipinski definition) is 8. The van der Waals surface area contributed by atoms with Gasteiger partial charge < -0.3 is 19.5 Å². The van der Waals surface area contributed by atoms with Gasteiger partial charge in [0.25, 0.3) is 5.69 Å². The SMILES string of the molecule is CCOc1cc([C@@H]2C(C(=O)OC)=C(C)NC3=C2C(=O)c2ccccc23)c(Br)cc1OCc1ccc([N+](=O)[O-])cc1. The van der Waals surface area contributed by atoms with Gasteiger partial charge in [0.15, 0.2) is 17.3 Å². The molecule has 3 aromatic carbocycles. The Morgan fingerprint density at radius 1 is 1.05 bits per heavy atom. The minimum absolute atomic E-state index is 0.00475. The second-order valence-corrected chi connectivity index (χ2v) is 10.1. The van der Waals surface area contributed by atoms with Crippen LogP contribution in [0.3, 0.4) is 0 Å². The lowest BCUT2D eigenvalue weighted by atomic mass is 9.79. The molecule has 40 heavy (non-hydrogen) atoms. The van der Waals surface area contributed by atoms with E-state index in [0.29, 0.717) is 56.2 Å². The summed E-state index contributed by atoms with van der Waals surface area (Å²) in [4.78, 5) is 37.3. The first-order valence-corrected chi connectivity index (χ1v) is 13.3. The second kappa shape index (κ2) is 11.0. The van der Waals surface area contributed by atoms with Crippen LogP contribution in [0.5, 0.6) is 11.5 Å². The largest absolute Gasteiger partial charge is 0.490 e. The van der Waals surface area contributed by atoms with Gasteiger partial charge in [-0.05, 0) is 49.2 Å². The Balaban J connectivity index is 1.57. The number of Topliss-reactive ketones (excluding diaryl/α,β-unsaturated/α-hetero) is 1. The fraction of sp³-hybridized carbons (Fsp3) is 0.200. The molecule has 9 nitrogen and oxygen atoms in total. The van der Waals surface area contributed by atoms with Gasteiger partial charge in [-0.1, -0.05) is 40.2 Å². The van der Waals surface area contributed by atoms with E-state index in [4.69, 9.17) is 14.2 Å². The first kappa shape index (κ1) is 27.1. The van der Waals surface area contributed by atoms with E-state index < -0.39 is 16.8 Å². The molecule has 1 N–H and O–H groups in total. The van der Waals surface area contributed by atoms with Gasteiger partial charge in [0, 0.05) is 39.0 Å². The van der Waals surface area contributed by atoms with Crippen LogP contribution < -0.4 is 14.8 Å². The quantitative estimate of drug-likeness (QED) is 0.187. The first-order valence-electron chi connectivity index (χ1n) is 12.5. The molecule has 5 rings (SSSR count). The van der Waals surface area contributed by atoms with E-state index in [2.05, 4.69) is 21.2 Å². The molecule has 1 aliphatic heterocycles. The Bertz CT molecular complexity index is 1610. The van der Waals surface area contributed by atoms with Crippen LogP contribution in [0.25, 0.3) is 5.70 Å². The number of ketones is 1. The van der Waals surface area contributed by atoms with Crippen LogP contribution in [0.1, 0.15) is 46.8 Å². The van der Waals surface area contributed by atoms with Crippen LogP contribution in [0.15, 0.2) is 82.0 Å². The highest BCUT2D eigenvalue weighted by Gasteiger charge is 2.43. The van der Waals surface area contributed by atoms with Crippen LogP contribution >= 0.6 is 15.9 Å². The summed E-state index contributed by atoms with van der Waals surface area (Å²) < 4.78 is 17.7.